The molecule has 0 heterocycles. The minimum atomic E-state index is -0.543. The van der Waals surface area contributed by atoms with Gasteiger partial charge in [-0.2, -0.15) is 0 Å². The molecule has 0 saturated carbocycles. The SMILES string of the molecule is CC/C=C\C/C=C\C/C=C\C/C=C\C/C=C\CCCCCCCCOCC(CO)OC(=O)CCCCCCCCCCCCCCCCCCCCC. The van der Waals surface area contributed by atoms with Gasteiger partial charge in [0.25, 0.3) is 0 Å². The van der Waals surface area contributed by atoms with Crippen LogP contribution in [0.4, 0.5) is 0 Å². The van der Waals surface area contributed by atoms with Crippen LogP contribution < -0.4 is 0 Å². The van der Waals surface area contributed by atoms with Crippen LogP contribution in [0.3, 0.4) is 0 Å². The maximum Gasteiger partial charge on any atom is 0.306 e. The topological polar surface area (TPSA) is 55.8 Å². The average molecular weight is 741 g/mol. The van der Waals surface area contributed by atoms with Crippen molar-refractivity contribution in [1.29, 1.82) is 0 Å². The van der Waals surface area contributed by atoms with E-state index < -0.39 is 6.10 Å². The lowest BCUT2D eigenvalue weighted by atomic mass is 10.0. The number of hydrogen-bond donors (Lipinski definition) is 1. The predicted molar refractivity (Wildman–Crippen MR) is 233 cm³/mol. The summed E-state index contributed by atoms with van der Waals surface area (Å²) in [7, 11) is 0. The van der Waals surface area contributed by atoms with Crippen LogP contribution in [0.5, 0.6) is 0 Å². The van der Waals surface area contributed by atoms with E-state index in [2.05, 4.69) is 74.6 Å². The molecule has 0 bridgehead atoms. The van der Waals surface area contributed by atoms with Crippen molar-refractivity contribution in [2.45, 2.75) is 225 Å². The van der Waals surface area contributed by atoms with Gasteiger partial charge in [0, 0.05) is 13.0 Å². The van der Waals surface area contributed by atoms with Crippen LogP contribution >= 0.6 is 0 Å². The summed E-state index contributed by atoms with van der Waals surface area (Å²) < 4.78 is 11.2. The van der Waals surface area contributed by atoms with E-state index in [1.165, 1.54) is 135 Å². The van der Waals surface area contributed by atoms with Gasteiger partial charge in [-0.05, 0) is 57.8 Å². The first kappa shape index (κ1) is 51.1. The van der Waals surface area contributed by atoms with Gasteiger partial charge in [-0.15, -0.1) is 0 Å². The van der Waals surface area contributed by atoms with E-state index in [-0.39, 0.29) is 19.2 Å². The highest BCUT2D eigenvalue weighted by Gasteiger charge is 2.13. The molecule has 1 unspecified atom stereocenters. The van der Waals surface area contributed by atoms with Crippen LogP contribution in [-0.4, -0.2) is 37.0 Å². The number of esters is 1. The van der Waals surface area contributed by atoms with Crippen molar-refractivity contribution < 1.29 is 19.4 Å². The molecule has 4 nitrogen and oxygen atoms in total. The van der Waals surface area contributed by atoms with E-state index in [4.69, 9.17) is 9.47 Å². The summed E-state index contributed by atoms with van der Waals surface area (Å²) in [6.07, 6.45) is 61.5. The standard InChI is InChI=1S/C49H88O4/c1-3-5-7-9-11-13-15-17-19-21-23-24-25-27-29-31-33-35-37-39-41-43-45-52-47-48(46-50)53-49(51)44-42-40-38-36-34-32-30-28-26-22-20-18-16-14-12-10-8-6-4-2/h5,7,11,13,17,19,23-24,27,29,48,50H,3-4,6,8-10,12,14-16,18,20-22,25-26,28,30-47H2,1-2H3/b7-5-,13-11-,19-17-,24-23-,29-27-. The lowest BCUT2D eigenvalue weighted by molar-refractivity contribution is -0.154. The van der Waals surface area contributed by atoms with Gasteiger partial charge in [-0.3, -0.25) is 4.79 Å². The van der Waals surface area contributed by atoms with Crippen LogP contribution in [0.15, 0.2) is 60.8 Å². The number of aliphatic hydroxyl groups excluding tert-OH is 1. The van der Waals surface area contributed by atoms with E-state index >= 15 is 0 Å². The van der Waals surface area contributed by atoms with Crippen molar-refractivity contribution in [2.75, 3.05) is 19.8 Å². The zero-order valence-electron chi connectivity index (χ0n) is 35.3. The smallest absolute Gasteiger partial charge is 0.306 e. The van der Waals surface area contributed by atoms with Gasteiger partial charge in [0.15, 0.2) is 0 Å². The third-order valence-corrected chi connectivity index (χ3v) is 9.86. The van der Waals surface area contributed by atoms with E-state index in [1.807, 2.05) is 0 Å². The van der Waals surface area contributed by atoms with E-state index in [1.54, 1.807) is 0 Å². The zero-order chi connectivity index (χ0) is 38.4. The summed E-state index contributed by atoms with van der Waals surface area (Å²) in [4.78, 5) is 12.2. The predicted octanol–water partition coefficient (Wildman–Crippen LogP) is 15.2. The summed E-state index contributed by atoms with van der Waals surface area (Å²) in [5.41, 5.74) is 0. The molecule has 1 atom stereocenters. The Bertz CT molecular complexity index is 870. The lowest BCUT2D eigenvalue weighted by Crippen LogP contribution is -2.27. The molecular formula is C49H88O4. The molecule has 308 valence electrons. The number of ether oxygens (including phenoxy) is 2. The molecule has 4 heteroatoms. The maximum atomic E-state index is 12.2. The molecule has 0 aliphatic heterocycles. The summed E-state index contributed by atoms with van der Waals surface area (Å²) in [5, 5.41) is 9.62. The second-order valence-electron chi connectivity index (χ2n) is 15.1. The number of carbonyl (C=O) groups is 1. The molecule has 1 N–H and O–H groups in total. The molecule has 0 amide bonds. The summed E-state index contributed by atoms with van der Waals surface area (Å²) >= 11 is 0. The highest BCUT2D eigenvalue weighted by Crippen LogP contribution is 2.15. The summed E-state index contributed by atoms with van der Waals surface area (Å²) in [6.45, 7) is 5.22. The summed E-state index contributed by atoms with van der Waals surface area (Å²) in [5.74, 6) is -0.204. The number of carbonyl (C=O) groups excluding carboxylic acids is 1. The van der Waals surface area contributed by atoms with Crippen molar-refractivity contribution >= 4 is 5.97 Å². The fraction of sp³-hybridized carbons (Fsp3) is 0.776. The second-order valence-corrected chi connectivity index (χ2v) is 15.1. The number of allylic oxidation sites excluding steroid dienone is 10. The minimum Gasteiger partial charge on any atom is -0.457 e. The van der Waals surface area contributed by atoms with Crippen LogP contribution in [0.1, 0.15) is 219 Å². The Hall–Kier alpha value is -1.91. The fourth-order valence-electron chi connectivity index (χ4n) is 6.47. The molecule has 0 aliphatic rings. The molecule has 0 aromatic rings. The molecular weight excluding hydrogens is 653 g/mol. The van der Waals surface area contributed by atoms with Gasteiger partial charge in [-0.1, -0.05) is 216 Å². The van der Waals surface area contributed by atoms with Crippen molar-refractivity contribution in [2.24, 2.45) is 0 Å². The van der Waals surface area contributed by atoms with Crippen LogP contribution in [0, 0.1) is 0 Å². The van der Waals surface area contributed by atoms with E-state index in [0.29, 0.717) is 13.0 Å². The van der Waals surface area contributed by atoms with Gasteiger partial charge in [0.05, 0.1) is 13.2 Å². The average Bonchev–Trinajstić information content (AvgIpc) is 3.16. The Balaban J connectivity index is 3.46. The third-order valence-electron chi connectivity index (χ3n) is 9.86. The number of rotatable bonds is 42. The quantitative estimate of drug-likeness (QED) is 0.0385. The third kappa shape index (κ3) is 44.4. The van der Waals surface area contributed by atoms with E-state index in [0.717, 1.165) is 64.2 Å². The normalized spacial score (nSPS) is 12.9. The Kier molecular flexibility index (Phi) is 44.6. The molecule has 53 heavy (non-hydrogen) atoms. The van der Waals surface area contributed by atoms with Crippen LogP contribution in [0.25, 0.3) is 0 Å². The Morgan fingerprint density at radius 3 is 1.28 bits per heavy atom. The van der Waals surface area contributed by atoms with Gasteiger partial charge in [-0.25, -0.2) is 0 Å². The molecule has 0 fully saturated rings. The first-order chi connectivity index (χ1) is 26.2. The molecule has 0 aliphatic carbocycles. The zero-order valence-corrected chi connectivity index (χ0v) is 35.3. The number of unbranched alkanes of at least 4 members (excludes halogenated alkanes) is 24. The highest BCUT2D eigenvalue weighted by molar-refractivity contribution is 5.69. The monoisotopic (exact) mass is 741 g/mol. The highest BCUT2D eigenvalue weighted by atomic mass is 16.6. The molecule has 0 radical (unpaired) electrons. The number of aliphatic hydroxyl groups is 1. The van der Waals surface area contributed by atoms with Crippen molar-refractivity contribution in [3.63, 3.8) is 0 Å². The summed E-state index contributed by atoms with van der Waals surface area (Å²) in [6, 6.07) is 0. The second kappa shape index (κ2) is 46.2. The first-order valence-electron chi connectivity index (χ1n) is 22.9. The van der Waals surface area contributed by atoms with Crippen molar-refractivity contribution in [3.8, 4) is 0 Å². The largest absolute Gasteiger partial charge is 0.457 e. The molecule has 0 aromatic heterocycles. The van der Waals surface area contributed by atoms with Gasteiger partial charge in [0.1, 0.15) is 6.10 Å². The van der Waals surface area contributed by atoms with Crippen molar-refractivity contribution in [3.05, 3.63) is 60.8 Å². The molecule has 0 rings (SSSR count). The Morgan fingerprint density at radius 1 is 0.472 bits per heavy atom. The molecule has 0 aromatic carbocycles. The van der Waals surface area contributed by atoms with Crippen LogP contribution in [0.2, 0.25) is 0 Å². The van der Waals surface area contributed by atoms with Crippen molar-refractivity contribution in [1.82, 2.24) is 0 Å². The fourth-order valence-corrected chi connectivity index (χ4v) is 6.47. The van der Waals surface area contributed by atoms with Crippen LogP contribution in [-0.2, 0) is 14.3 Å². The Morgan fingerprint density at radius 2 is 0.849 bits per heavy atom. The van der Waals surface area contributed by atoms with Gasteiger partial charge < -0.3 is 14.6 Å². The van der Waals surface area contributed by atoms with Gasteiger partial charge >= 0.3 is 5.97 Å². The lowest BCUT2D eigenvalue weighted by Gasteiger charge is -2.15. The van der Waals surface area contributed by atoms with E-state index in [9.17, 15) is 9.90 Å². The minimum absolute atomic E-state index is 0.178. The Labute approximate surface area is 330 Å². The maximum absolute atomic E-state index is 12.2. The molecule has 0 spiro atoms. The van der Waals surface area contributed by atoms with Gasteiger partial charge in [0.2, 0.25) is 0 Å². The number of hydrogen-bond acceptors (Lipinski definition) is 4. The first-order valence-corrected chi connectivity index (χ1v) is 22.9. The molecule has 0 saturated heterocycles.